The molecular weight excluding hydrogens is 360 g/mol. The van der Waals surface area contributed by atoms with E-state index in [9.17, 15) is 5.11 Å². The first-order chi connectivity index (χ1) is 13.9. The van der Waals surface area contributed by atoms with Crippen LogP contribution in [0.4, 0.5) is 0 Å². The van der Waals surface area contributed by atoms with Crippen LogP contribution < -0.4 is 0 Å². The molecule has 4 aliphatic carbocycles. The van der Waals surface area contributed by atoms with Crippen LogP contribution in [0.5, 0.6) is 0 Å². The summed E-state index contributed by atoms with van der Waals surface area (Å²) in [6.45, 7) is 8.47. The van der Waals surface area contributed by atoms with Crippen molar-refractivity contribution in [2.24, 2.45) is 40.4 Å². The van der Waals surface area contributed by atoms with Gasteiger partial charge >= 0.3 is 0 Å². The molecule has 162 valence electrons. The summed E-state index contributed by atoms with van der Waals surface area (Å²) in [5.74, 6) is 3.32. The van der Waals surface area contributed by atoms with E-state index in [1.165, 1.54) is 44.9 Å². The van der Waals surface area contributed by atoms with E-state index in [0.29, 0.717) is 28.8 Å². The van der Waals surface area contributed by atoms with Crippen LogP contribution in [0.25, 0.3) is 0 Å². The Hall–Kier alpha value is -0.380. The number of rotatable bonds is 0. The molecule has 0 unspecified atom stereocenters. The Bertz CT molecular complexity index is 709. The minimum atomic E-state index is -0.274. The summed E-state index contributed by atoms with van der Waals surface area (Å²) in [7, 11) is 0. The Kier molecular flexibility index (Phi) is 4.21. The van der Waals surface area contributed by atoms with Gasteiger partial charge in [0.15, 0.2) is 5.79 Å². The summed E-state index contributed by atoms with van der Waals surface area (Å²) < 4.78 is 13.2. The van der Waals surface area contributed by atoms with Gasteiger partial charge in [0.1, 0.15) is 0 Å². The molecule has 29 heavy (non-hydrogen) atoms. The maximum absolute atomic E-state index is 10.2. The molecule has 0 aromatic carbocycles. The van der Waals surface area contributed by atoms with E-state index in [1.807, 2.05) is 0 Å². The van der Waals surface area contributed by atoms with Crippen molar-refractivity contribution in [3.63, 3.8) is 0 Å². The van der Waals surface area contributed by atoms with Crippen molar-refractivity contribution in [3.8, 4) is 0 Å². The van der Waals surface area contributed by atoms with Crippen molar-refractivity contribution in [1.82, 2.24) is 0 Å². The van der Waals surface area contributed by atoms with Gasteiger partial charge in [0.25, 0.3) is 0 Å². The van der Waals surface area contributed by atoms with Crippen molar-refractivity contribution in [1.29, 1.82) is 0 Å². The number of aliphatic hydroxyl groups is 1. The molecule has 3 saturated carbocycles. The molecule has 2 aliphatic heterocycles. The first-order valence-corrected chi connectivity index (χ1v) is 12.6. The number of ether oxygens (including phenoxy) is 2. The summed E-state index contributed by atoms with van der Waals surface area (Å²) in [4.78, 5) is 0. The number of fused-ring (bicyclic) bond motifs is 7. The lowest BCUT2D eigenvalue weighted by Crippen LogP contribution is -2.52. The summed E-state index contributed by atoms with van der Waals surface area (Å²) in [5, 5.41) is 10.2. The van der Waals surface area contributed by atoms with Crippen molar-refractivity contribution >= 4 is 0 Å². The van der Waals surface area contributed by atoms with Gasteiger partial charge in [-0.15, -0.1) is 0 Å². The molecule has 2 heterocycles. The highest BCUT2D eigenvalue weighted by atomic mass is 16.7. The molecule has 2 saturated heterocycles. The molecule has 3 nitrogen and oxygen atoms in total. The number of aliphatic hydroxyl groups excluding tert-OH is 1. The molecule has 6 aliphatic rings. The van der Waals surface area contributed by atoms with E-state index in [0.717, 1.165) is 43.6 Å². The second kappa shape index (κ2) is 6.33. The smallest absolute Gasteiger partial charge is 0.171 e. The van der Waals surface area contributed by atoms with E-state index >= 15 is 0 Å². The molecular formula is C26H40O3. The quantitative estimate of drug-likeness (QED) is 0.548. The fourth-order valence-corrected chi connectivity index (χ4v) is 9.56. The second-order valence-corrected chi connectivity index (χ2v) is 12.0. The van der Waals surface area contributed by atoms with Crippen LogP contribution in [-0.4, -0.2) is 29.7 Å². The molecule has 0 aromatic heterocycles. The Morgan fingerprint density at radius 2 is 1.93 bits per heavy atom. The van der Waals surface area contributed by atoms with E-state index in [4.69, 9.17) is 9.47 Å². The summed E-state index contributed by atoms with van der Waals surface area (Å²) in [6.07, 6.45) is 14.7. The third-order valence-corrected chi connectivity index (χ3v) is 11.0. The lowest BCUT2D eigenvalue weighted by molar-refractivity contribution is -0.264. The van der Waals surface area contributed by atoms with Crippen molar-refractivity contribution in [2.45, 2.75) is 103 Å². The average molecular weight is 401 g/mol. The molecule has 0 aromatic rings. The van der Waals surface area contributed by atoms with E-state index in [-0.39, 0.29) is 11.9 Å². The monoisotopic (exact) mass is 400 g/mol. The highest BCUT2D eigenvalue weighted by molar-refractivity contribution is 5.26. The number of allylic oxidation sites excluding steroid dienone is 1. The summed E-state index contributed by atoms with van der Waals surface area (Å²) in [6, 6.07) is 0. The third-order valence-electron chi connectivity index (χ3n) is 11.0. The minimum Gasteiger partial charge on any atom is -0.393 e. The first-order valence-electron chi connectivity index (χ1n) is 12.6. The number of hydrogen-bond donors (Lipinski definition) is 1. The molecule has 1 N–H and O–H groups in total. The van der Waals surface area contributed by atoms with Gasteiger partial charge < -0.3 is 14.6 Å². The molecule has 0 amide bonds. The van der Waals surface area contributed by atoms with Crippen molar-refractivity contribution in [2.75, 3.05) is 6.61 Å². The van der Waals surface area contributed by atoms with E-state index in [2.05, 4.69) is 26.8 Å². The topological polar surface area (TPSA) is 38.7 Å². The zero-order chi connectivity index (χ0) is 20.0. The second-order valence-electron chi connectivity index (χ2n) is 12.0. The Morgan fingerprint density at radius 3 is 2.72 bits per heavy atom. The van der Waals surface area contributed by atoms with Crippen LogP contribution in [0.1, 0.15) is 85.0 Å². The van der Waals surface area contributed by atoms with Gasteiger partial charge in [0.2, 0.25) is 0 Å². The molecule has 0 bridgehead atoms. The largest absolute Gasteiger partial charge is 0.393 e. The van der Waals surface area contributed by atoms with Crippen molar-refractivity contribution < 1.29 is 14.6 Å². The fourth-order valence-electron chi connectivity index (χ4n) is 9.56. The molecule has 5 fully saturated rings. The van der Waals surface area contributed by atoms with Gasteiger partial charge in [-0.05, 0) is 92.3 Å². The van der Waals surface area contributed by atoms with Crippen LogP contribution in [0.3, 0.4) is 0 Å². The van der Waals surface area contributed by atoms with Gasteiger partial charge in [0, 0.05) is 12.3 Å². The van der Waals surface area contributed by atoms with Crippen LogP contribution in [0.15, 0.2) is 11.6 Å². The van der Waals surface area contributed by atoms with Crippen LogP contribution in [0, 0.1) is 40.4 Å². The SMILES string of the molecule is C[C@@H]1[C@@H]2[C@@H](C[C@@H]3[C@H]4CC=C5C[C@@H](O)CC[C@]5(C)[C@@H]4CC[C@]23C)O[C@]12CCCCO2. The van der Waals surface area contributed by atoms with Gasteiger partial charge in [-0.1, -0.05) is 32.4 Å². The predicted molar refractivity (Wildman–Crippen MR) is 113 cm³/mol. The zero-order valence-electron chi connectivity index (χ0n) is 18.7. The Labute approximate surface area is 176 Å². The maximum Gasteiger partial charge on any atom is 0.171 e. The summed E-state index contributed by atoms with van der Waals surface area (Å²) in [5.41, 5.74) is 2.32. The van der Waals surface area contributed by atoms with Gasteiger partial charge in [-0.25, -0.2) is 0 Å². The first kappa shape index (κ1) is 19.3. The lowest BCUT2D eigenvalue weighted by atomic mass is 9.47. The zero-order valence-corrected chi connectivity index (χ0v) is 18.7. The van der Waals surface area contributed by atoms with Crippen LogP contribution in [0.2, 0.25) is 0 Å². The fraction of sp³-hybridized carbons (Fsp3) is 0.923. The van der Waals surface area contributed by atoms with E-state index in [1.54, 1.807) is 5.57 Å². The van der Waals surface area contributed by atoms with E-state index < -0.39 is 0 Å². The van der Waals surface area contributed by atoms with Crippen molar-refractivity contribution in [3.05, 3.63) is 11.6 Å². The van der Waals surface area contributed by atoms with Crippen LogP contribution in [-0.2, 0) is 9.47 Å². The van der Waals surface area contributed by atoms with Gasteiger partial charge in [-0.2, -0.15) is 0 Å². The molecule has 0 radical (unpaired) electrons. The molecule has 10 atom stereocenters. The lowest BCUT2D eigenvalue weighted by Gasteiger charge is -2.58. The average Bonchev–Trinajstić information content (AvgIpc) is 3.14. The third kappa shape index (κ3) is 2.47. The normalized spacial score (nSPS) is 58.9. The van der Waals surface area contributed by atoms with Crippen LogP contribution >= 0.6 is 0 Å². The minimum absolute atomic E-state index is 0.105. The van der Waals surface area contributed by atoms with Gasteiger partial charge in [0.05, 0.1) is 18.8 Å². The highest BCUT2D eigenvalue weighted by Crippen LogP contribution is 2.70. The Balaban J connectivity index is 1.30. The predicted octanol–water partition coefficient (Wildman–Crippen LogP) is 5.47. The highest BCUT2D eigenvalue weighted by Gasteiger charge is 2.68. The summed E-state index contributed by atoms with van der Waals surface area (Å²) >= 11 is 0. The maximum atomic E-state index is 10.2. The molecule has 6 rings (SSSR count). The standard InChI is InChI=1S/C26H40O3/c1-16-23-22(29-26(16)10-4-5-13-28-26)15-21-19-7-6-17-14-18(27)8-11-24(17,2)20(19)9-12-25(21,23)3/h6,16,18-23,27H,4-5,7-15H2,1-3H3/t16-,18+,19+,20-,21-,22-,23-,24+,25+,26-/m1/s1. The van der Waals surface area contributed by atoms with Gasteiger partial charge in [-0.3, -0.25) is 0 Å². The number of hydrogen-bond acceptors (Lipinski definition) is 3. The Morgan fingerprint density at radius 1 is 1.07 bits per heavy atom. The molecule has 1 spiro atoms. The molecule has 3 heteroatoms.